The Labute approximate surface area is 118 Å². The van der Waals surface area contributed by atoms with Crippen LogP contribution in [0.4, 0.5) is 0 Å². The highest BCUT2D eigenvalue weighted by Crippen LogP contribution is 2.27. The highest BCUT2D eigenvalue weighted by Gasteiger charge is 2.19. The molecule has 0 aromatic heterocycles. The molecular weight excluding hydrogens is 230 g/mol. The maximum atomic E-state index is 3.84. The molecule has 1 aromatic rings. The van der Waals surface area contributed by atoms with Gasteiger partial charge in [0.1, 0.15) is 0 Å². The summed E-state index contributed by atoms with van der Waals surface area (Å²) < 4.78 is 0. The molecule has 1 aliphatic carbocycles. The summed E-state index contributed by atoms with van der Waals surface area (Å²) in [7, 11) is 0. The van der Waals surface area contributed by atoms with Gasteiger partial charge in [0.25, 0.3) is 0 Å². The second-order valence-electron chi connectivity index (χ2n) is 6.28. The maximum absolute atomic E-state index is 3.84. The Kier molecular flexibility index (Phi) is 5.45. The zero-order valence-electron chi connectivity index (χ0n) is 12.8. The van der Waals surface area contributed by atoms with E-state index in [0.717, 1.165) is 5.92 Å². The van der Waals surface area contributed by atoms with Gasteiger partial charge in [-0.3, -0.25) is 0 Å². The van der Waals surface area contributed by atoms with E-state index in [2.05, 4.69) is 50.4 Å². The first kappa shape index (κ1) is 14.6. The third-order valence-electron chi connectivity index (χ3n) is 4.73. The molecular formula is C18H29N. The van der Waals surface area contributed by atoms with E-state index in [0.29, 0.717) is 12.1 Å². The van der Waals surface area contributed by atoms with Gasteiger partial charge in [0.2, 0.25) is 0 Å². The summed E-state index contributed by atoms with van der Waals surface area (Å²) in [6.45, 7) is 6.79. The molecule has 0 amide bonds. The van der Waals surface area contributed by atoms with Crippen molar-refractivity contribution in [3.63, 3.8) is 0 Å². The Hall–Kier alpha value is -0.820. The topological polar surface area (TPSA) is 12.0 Å². The van der Waals surface area contributed by atoms with Gasteiger partial charge in [0, 0.05) is 12.1 Å². The van der Waals surface area contributed by atoms with E-state index < -0.39 is 0 Å². The van der Waals surface area contributed by atoms with E-state index >= 15 is 0 Å². The molecule has 0 heterocycles. The van der Waals surface area contributed by atoms with Crippen molar-refractivity contribution in [2.45, 2.75) is 71.4 Å². The lowest BCUT2D eigenvalue weighted by Gasteiger charge is -2.22. The van der Waals surface area contributed by atoms with Gasteiger partial charge in [0.05, 0.1) is 0 Å². The van der Waals surface area contributed by atoms with Gasteiger partial charge >= 0.3 is 0 Å². The Morgan fingerprint density at radius 1 is 1.11 bits per heavy atom. The van der Waals surface area contributed by atoms with E-state index in [-0.39, 0.29) is 0 Å². The van der Waals surface area contributed by atoms with Gasteiger partial charge < -0.3 is 5.32 Å². The maximum Gasteiger partial charge on any atom is 0.0294 e. The summed E-state index contributed by atoms with van der Waals surface area (Å²) in [6, 6.07) is 10.1. The number of nitrogens with one attached hydrogen (secondary N) is 1. The van der Waals surface area contributed by atoms with Crippen molar-refractivity contribution in [1.82, 2.24) is 5.32 Å². The zero-order valence-corrected chi connectivity index (χ0v) is 12.8. The van der Waals surface area contributed by atoms with Crippen LogP contribution in [0.25, 0.3) is 0 Å². The SMILES string of the molecule is CCC1CCCC(N[C@@H](C)c2ccc(C)cc2)CC1. The fourth-order valence-corrected chi connectivity index (χ4v) is 3.26. The van der Waals surface area contributed by atoms with E-state index in [9.17, 15) is 0 Å². The average molecular weight is 259 g/mol. The Morgan fingerprint density at radius 3 is 2.53 bits per heavy atom. The van der Waals surface area contributed by atoms with Gasteiger partial charge in [-0.05, 0) is 44.6 Å². The summed E-state index contributed by atoms with van der Waals surface area (Å²) in [5.74, 6) is 0.974. The van der Waals surface area contributed by atoms with Crippen molar-refractivity contribution in [3.05, 3.63) is 35.4 Å². The lowest BCUT2D eigenvalue weighted by molar-refractivity contribution is 0.400. The molecule has 3 atom stereocenters. The Bertz CT molecular complexity index is 368. The molecule has 0 bridgehead atoms. The largest absolute Gasteiger partial charge is 0.307 e. The molecule has 2 unspecified atom stereocenters. The molecule has 1 saturated carbocycles. The average Bonchev–Trinajstić information content (AvgIpc) is 2.64. The van der Waals surface area contributed by atoms with Crippen LogP contribution in [-0.2, 0) is 0 Å². The number of hydrogen-bond acceptors (Lipinski definition) is 1. The summed E-state index contributed by atoms with van der Waals surface area (Å²) in [5, 5.41) is 3.84. The van der Waals surface area contributed by atoms with Crippen LogP contribution < -0.4 is 5.32 Å². The Balaban J connectivity index is 1.88. The normalized spacial score (nSPS) is 25.8. The molecule has 0 saturated heterocycles. The molecule has 1 aromatic carbocycles. The number of benzene rings is 1. The van der Waals surface area contributed by atoms with Gasteiger partial charge in [0.15, 0.2) is 0 Å². The Morgan fingerprint density at radius 2 is 1.84 bits per heavy atom. The van der Waals surface area contributed by atoms with Crippen LogP contribution in [0.2, 0.25) is 0 Å². The van der Waals surface area contributed by atoms with Crippen LogP contribution in [0, 0.1) is 12.8 Å². The van der Waals surface area contributed by atoms with Crippen molar-refractivity contribution < 1.29 is 0 Å². The molecule has 1 nitrogen and oxygen atoms in total. The molecule has 1 heteroatoms. The summed E-state index contributed by atoms with van der Waals surface area (Å²) >= 11 is 0. The summed E-state index contributed by atoms with van der Waals surface area (Å²) in [5.41, 5.74) is 2.76. The van der Waals surface area contributed by atoms with Crippen molar-refractivity contribution in [2.24, 2.45) is 5.92 Å². The molecule has 0 radical (unpaired) electrons. The van der Waals surface area contributed by atoms with E-state index in [1.807, 2.05) is 0 Å². The first-order chi connectivity index (χ1) is 9.19. The zero-order chi connectivity index (χ0) is 13.7. The number of aryl methyl sites for hydroxylation is 1. The minimum atomic E-state index is 0.476. The molecule has 2 rings (SSSR count). The monoisotopic (exact) mass is 259 g/mol. The molecule has 19 heavy (non-hydrogen) atoms. The molecule has 0 aliphatic heterocycles. The van der Waals surface area contributed by atoms with Gasteiger partial charge in [-0.2, -0.15) is 0 Å². The smallest absolute Gasteiger partial charge is 0.0294 e. The predicted molar refractivity (Wildman–Crippen MR) is 83.4 cm³/mol. The molecule has 0 spiro atoms. The van der Waals surface area contributed by atoms with Gasteiger partial charge in [-0.1, -0.05) is 56.0 Å². The minimum absolute atomic E-state index is 0.476. The van der Waals surface area contributed by atoms with Crippen molar-refractivity contribution in [2.75, 3.05) is 0 Å². The van der Waals surface area contributed by atoms with Crippen LogP contribution in [0.1, 0.15) is 69.5 Å². The minimum Gasteiger partial charge on any atom is -0.307 e. The van der Waals surface area contributed by atoms with Crippen LogP contribution in [0.5, 0.6) is 0 Å². The second kappa shape index (κ2) is 7.09. The van der Waals surface area contributed by atoms with Crippen molar-refractivity contribution >= 4 is 0 Å². The van der Waals surface area contributed by atoms with Crippen molar-refractivity contribution in [1.29, 1.82) is 0 Å². The lowest BCUT2D eigenvalue weighted by atomic mass is 9.97. The van der Waals surface area contributed by atoms with Crippen LogP contribution in [0.15, 0.2) is 24.3 Å². The lowest BCUT2D eigenvalue weighted by Crippen LogP contribution is -2.31. The summed E-state index contributed by atoms with van der Waals surface area (Å²) in [6.07, 6.45) is 8.32. The standard InChI is InChI=1S/C18H29N/c1-4-16-6-5-7-18(13-10-16)19-15(3)17-11-8-14(2)9-12-17/h8-9,11-12,15-16,18-19H,4-7,10,13H2,1-3H3/t15-,16?,18?/m0/s1. The van der Waals surface area contributed by atoms with Crippen LogP contribution >= 0.6 is 0 Å². The third kappa shape index (κ3) is 4.35. The highest BCUT2D eigenvalue weighted by atomic mass is 14.9. The molecule has 1 N–H and O–H groups in total. The van der Waals surface area contributed by atoms with Crippen LogP contribution in [-0.4, -0.2) is 6.04 Å². The molecule has 1 aliphatic rings. The van der Waals surface area contributed by atoms with E-state index in [1.165, 1.54) is 49.7 Å². The fraction of sp³-hybridized carbons (Fsp3) is 0.667. The number of hydrogen-bond donors (Lipinski definition) is 1. The first-order valence-corrected chi connectivity index (χ1v) is 8.01. The predicted octanol–water partition coefficient (Wildman–Crippen LogP) is 5.00. The van der Waals surface area contributed by atoms with Crippen LogP contribution in [0.3, 0.4) is 0 Å². The quantitative estimate of drug-likeness (QED) is 0.750. The fourth-order valence-electron chi connectivity index (χ4n) is 3.26. The highest BCUT2D eigenvalue weighted by molar-refractivity contribution is 5.23. The van der Waals surface area contributed by atoms with Gasteiger partial charge in [-0.15, -0.1) is 0 Å². The van der Waals surface area contributed by atoms with E-state index in [1.54, 1.807) is 0 Å². The van der Waals surface area contributed by atoms with E-state index in [4.69, 9.17) is 0 Å². The summed E-state index contributed by atoms with van der Waals surface area (Å²) in [4.78, 5) is 0. The molecule has 1 fully saturated rings. The molecule has 106 valence electrons. The second-order valence-corrected chi connectivity index (χ2v) is 6.28. The first-order valence-electron chi connectivity index (χ1n) is 8.01. The van der Waals surface area contributed by atoms with Crippen molar-refractivity contribution in [3.8, 4) is 0 Å². The number of rotatable bonds is 4. The van der Waals surface area contributed by atoms with Gasteiger partial charge in [-0.25, -0.2) is 0 Å². The third-order valence-corrected chi connectivity index (χ3v) is 4.73.